The van der Waals surface area contributed by atoms with Gasteiger partial charge < -0.3 is 19.1 Å². The van der Waals surface area contributed by atoms with Gasteiger partial charge in [0.2, 0.25) is 11.8 Å². The normalized spacial score (nSPS) is 20.7. The number of aryl methyl sites for hydroxylation is 2. The molecule has 0 radical (unpaired) electrons. The molecule has 7 nitrogen and oxygen atoms in total. The number of nitrogens with zero attached hydrogens (tertiary/aromatic N) is 3. The summed E-state index contributed by atoms with van der Waals surface area (Å²) in [5, 5.41) is 4.61. The number of aromatic nitrogens is 1. The lowest BCUT2D eigenvalue weighted by atomic mass is 9.77. The number of hydrogen-bond acceptors (Lipinski definition) is 5. The number of piperidine rings is 2. The van der Waals surface area contributed by atoms with Crippen molar-refractivity contribution in [2.45, 2.75) is 65.2 Å². The lowest BCUT2D eigenvalue weighted by Gasteiger charge is -2.43. The van der Waals surface area contributed by atoms with E-state index in [1.807, 2.05) is 41.8 Å². The third-order valence-electron chi connectivity index (χ3n) is 7.36. The number of ether oxygens (including phenoxy) is 1. The van der Waals surface area contributed by atoms with Crippen molar-refractivity contribution in [2.75, 3.05) is 32.8 Å². The van der Waals surface area contributed by atoms with Crippen molar-refractivity contribution < 1.29 is 18.8 Å². The molecule has 0 saturated carbocycles. The number of hydrogen-bond donors (Lipinski definition) is 0. The van der Waals surface area contributed by atoms with E-state index in [1.54, 1.807) is 6.07 Å². The molecule has 0 N–H and O–H groups in total. The minimum atomic E-state index is -0.423. The number of amides is 2. The molecule has 8 heteroatoms. The fraction of sp³-hybridized carbons (Fsp3) is 0.593. The van der Waals surface area contributed by atoms with Gasteiger partial charge in [-0.05, 0) is 70.6 Å². The van der Waals surface area contributed by atoms with Crippen LogP contribution in [0.4, 0.5) is 0 Å². The molecule has 1 aromatic heterocycles. The van der Waals surface area contributed by atoms with Gasteiger partial charge in [-0.3, -0.25) is 9.59 Å². The van der Waals surface area contributed by atoms with Crippen LogP contribution < -0.4 is 4.74 Å². The maximum Gasteiger partial charge on any atom is 0.223 e. The summed E-state index contributed by atoms with van der Waals surface area (Å²) in [4.78, 5) is 30.4. The maximum absolute atomic E-state index is 13.3. The molecule has 0 bridgehead atoms. The third kappa shape index (κ3) is 6.57. The lowest BCUT2D eigenvalue weighted by molar-refractivity contribution is -0.142. The van der Waals surface area contributed by atoms with Crippen molar-refractivity contribution in [3.05, 3.63) is 46.3 Å². The van der Waals surface area contributed by atoms with Gasteiger partial charge in [-0.1, -0.05) is 22.8 Å². The van der Waals surface area contributed by atoms with Crippen LogP contribution in [-0.4, -0.2) is 59.6 Å². The largest absolute Gasteiger partial charge is 0.493 e. The smallest absolute Gasteiger partial charge is 0.223 e. The van der Waals surface area contributed by atoms with Crippen molar-refractivity contribution in [1.82, 2.24) is 15.0 Å². The molecule has 0 unspecified atom stereocenters. The Morgan fingerprint density at radius 2 is 1.86 bits per heavy atom. The second kappa shape index (κ2) is 11.5. The van der Waals surface area contributed by atoms with Crippen LogP contribution in [0.3, 0.4) is 0 Å². The fourth-order valence-corrected chi connectivity index (χ4v) is 5.53. The summed E-state index contributed by atoms with van der Waals surface area (Å²) >= 11 is 6.15. The minimum absolute atomic E-state index is 0.0993. The lowest BCUT2D eigenvalue weighted by Crippen LogP contribution is -2.51. The Balaban J connectivity index is 1.46. The second-order valence-corrected chi connectivity index (χ2v) is 10.5. The van der Waals surface area contributed by atoms with Gasteiger partial charge in [0.05, 0.1) is 12.3 Å². The highest BCUT2D eigenvalue weighted by Gasteiger charge is 2.41. The molecule has 4 rings (SSSR count). The monoisotopic (exact) mass is 501 g/mol. The molecule has 190 valence electrons. The van der Waals surface area contributed by atoms with E-state index in [0.29, 0.717) is 49.7 Å². The predicted molar refractivity (Wildman–Crippen MR) is 135 cm³/mol. The van der Waals surface area contributed by atoms with Gasteiger partial charge in [0, 0.05) is 55.0 Å². The Labute approximate surface area is 212 Å². The van der Waals surface area contributed by atoms with E-state index in [9.17, 15) is 9.59 Å². The van der Waals surface area contributed by atoms with E-state index in [4.69, 9.17) is 20.9 Å². The van der Waals surface area contributed by atoms with Crippen molar-refractivity contribution >= 4 is 23.4 Å². The standard InChI is InChI=1S/C27H36ClN3O4/c1-20-24(21(2)35-29-20)10-11-25(32)31-15-7-12-27(18-31,17-26(33)30-13-4-3-5-14-30)19-34-23-9-6-8-22(28)16-23/h6,8-9,16H,3-5,7,10-15,17-19H2,1-2H3/t27-/m1/s1. The molecule has 0 spiro atoms. The molecular weight excluding hydrogens is 466 g/mol. The molecule has 1 aromatic carbocycles. The SMILES string of the molecule is Cc1noc(C)c1CCC(=O)N1CCC[C@@](COc2cccc(Cl)c2)(CC(=O)N2CCCCC2)C1. The van der Waals surface area contributed by atoms with Crippen LogP contribution in [0.2, 0.25) is 5.02 Å². The van der Waals surface area contributed by atoms with E-state index in [1.165, 1.54) is 6.42 Å². The molecule has 2 aromatic rings. The summed E-state index contributed by atoms with van der Waals surface area (Å²) in [6.45, 7) is 7.03. The van der Waals surface area contributed by atoms with Gasteiger partial charge in [-0.2, -0.15) is 0 Å². The van der Waals surface area contributed by atoms with Crippen LogP contribution in [0.1, 0.15) is 62.0 Å². The Morgan fingerprint density at radius 1 is 1.09 bits per heavy atom. The molecule has 0 aliphatic carbocycles. The first-order chi connectivity index (χ1) is 16.8. The molecule has 2 aliphatic rings. The predicted octanol–water partition coefficient (Wildman–Crippen LogP) is 4.97. The Hall–Kier alpha value is -2.54. The summed E-state index contributed by atoms with van der Waals surface area (Å²) in [5.41, 5.74) is 1.42. The fourth-order valence-electron chi connectivity index (χ4n) is 5.35. The van der Waals surface area contributed by atoms with E-state index in [0.717, 1.165) is 55.8 Å². The van der Waals surface area contributed by atoms with Crippen LogP contribution in [0.5, 0.6) is 5.75 Å². The number of carbonyl (C=O) groups is 2. The zero-order valence-corrected chi connectivity index (χ0v) is 21.6. The highest BCUT2D eigenvalue weighted by Crippen LogP contribution is 2.36. The van der Waals surface area contributed by atoms with Gasteiger partial charge >= 0.3 is 0 Å². The molecular formula is C27H36ClN3O4. The van der Waals surface area contributed by atoms with Crippen LogP contribution >= 0.6 is 11.6 Å². The average Bonchev–Trinajstić information content (AvgIpc) is 3.19. The maximum atomic E-state index is 13.3. The first-order valence-electron chi connectivity index (χ1n) is 12.7. The molecule has 2 fully saturated rings. The minimum Gasteiger partial charge on any atom is -0.493 e. The number of rotatable bonds is 8. The Bertz CT molecular complexity index is 1010. The van der Waals surface area contributed by atoms with Crippen molar-refractivity contribution in [1.29, 1.82) is 0 Å². The summed E-state index contributed by atoms with van der Waals surface area (Å²) in [7, 11) is 0. The average molecular weight is 502 g/mol. The summed E-state index contributed by atoms with van der Waals surface area (Å²) in [6, 6.07) is 7.33. The zero-order valence-electron chi connectivity index (χ0n) is 20.9. The van der Waals surface area contributed by atoms with Crippen molar-refractivity contribution in [2.24, 2.45) is 5.41 Å². The van der Waals surface area contributed by atoms with Gasteiger partial charge in [0.1, 0.15) is 11.5 Å². The van der Waals surface area contributed by atoms with E-state index >= 15 is 0 Å². The van der Waals surface area contributed by atoms with Crippen molar-refractivity contribution in [3.63, 3.8) is 0 Å². The molecule has 35 heavy (non-hydrogen) atoms. The van der Waals surface area contributed by atoms with Crippen LogP contribution in [0.15, 0.2) is 28.8 Å². The van der Waals surface area contributed by atoms with Gasteiger partial charge in [0.25, 0.3) is 0 Å². The van der Waals surface area contributed by atoms with Crippen LogP contribution in [-0.2, 0) is 16.0 Å². The first kappa shape index (κ1) is 25.5. The van der Waals surface area contributed by atoms with Gasteiger partial charge in [-0.25, -0.2) is 0 Å². The molecule has 2 amide bonds. The van der Waals surface area contributed by atoms with Crippen LogP contribution in [0.25, 0.3) is 0 Å². The summed E-state index contributed by atoms with van der Waals surface area (Å²) < 4.78 is 11.4. The number of likely N-dealkylation sites (tertiary alicyclic amines) is 2. The van der Waals surface area contributed by atoms with Gasteiger partial charge in [0.15, 0.2) is 0 Å². The highest BCUT2D eigenvalue weighted by atomic mass is 35.5. The van der Waals surface area contributed by atoms with Gasteiger partial charge in [-0.15, -0.1) is 0 Å². The second-order valence-electron chi connectivity index (χ2n) is 10.1. The van der Waals surface area contributed by atoms with E-state index in [2.05, 4.69) is 5.16 Å². The molecule has 2 saturated heterocycles. The molecule has 3 heterocycles. The summed E-state index contributed by atoms with van der Waals surface area (Å²) in [5.74, 6) is 1.72. The first-order valence-corrected chi connectivity index (χ1v) is 13.1. The third-order valence-corrected chi connectivity index (χ3v) is 7.60. The van der Waals surface area contributed by atoms with Crippen molar-refractivity contribution in [3.8, 4) is 5.75 Å². The quantitative estimate of drug-likeness (QED) is 0.510. The molecule has 1 atom stereocenters. The topological polar surface area (TPSA) is 75.9 Å². The number of benzene rings is 1. The number of carbonyl (C=O) groups excluding carboxylic acids is 2. The Morgan fingerprint density at radius 3 is 2.57 bits per heavy atom. The van der Waals surface area contributed by atoms with E-state index in [-0.39, 0.29) is 11.8 Å². The number of halogens is 1. The summed E-state index contributed by atoms with van der Waals surface area (Å²) in [6.07, 6.45) is 6.39. The molecule has 2 aliphatic heterocycles. The van der Waals surface area contributed by atoms with E-state index < -0.39 is 5.41 Å². The Kier molecular flexibility index (Phi) is 8.37. The highest BCUT2D eigenvalue weighted by molar-refractivity contribution is 6.30. The zero-order chi connectivity index (χ0) is 24.8. The van der Waals surface area contributed by atoms with Crippen LogP contribution in [0, 0.1) is 19.3 Å².